The van der Waals surface area contributed by atoms with E-state index in [4.69, 9.17) is 5.73 Å². The minimum absolute atomic E-state index is 0.200. The van der Waals surface area contributed by atoms with E-state index in [1.807, 2.05) is 24.3 Å². The Bertz CT molecular complexity index is 1330. The zero-order valence-electron chi connectivity index (χ0n) is 15.5. The summed E-state index contributed by atoms with van der Waals surface area (Å²) in [6.45, 7) is 0. The first-order valence-electron chi connectivity index (χ1n) is 8.77. The van der Waals surface area contributed by atoms with Gasteiger partial charge in [0.2, 0.25) is 0 Å². The molecule has 0 saturated heterocycles. The van der Waals surface area contributed by atoms with E-state index in [2.05, 4.69) is 15.5 Å². The SMILES string of the molecule is CS(=O)(=O)c1ccc(NC(=O)c2cccc(-c3ccc4[nH]nc(N)c4c3)c2)cc1. The first-order valence-corrected chi connectivity index (χ1v) is 10.7. The molecule has 0 bridgehead atoms. The molecular weight excluding hydrogens is 388 g/mol. The van der Waals surface area contributed by atoms with Crippen LogP contribution in [0.3, 0.4) is 0 Å². The van der Waals surface area contributed by atoms with Gasteiger partial charge in [-0.2, -0.15) is 5.10 Å². The molecule has 1 amide bonds. The summed E-state index contributed by atoms with van der Waals surface area (Å²) >= 11 is 0. The molecule has 0 spiro atoms. The van der Waals surface area contributed by atoms with Crippen LogP contribution in [0.2, 0.25) is 0 Å². The summed E-state index contributed by atoms with van der Waals surface area (Å²) in [5.41, 5.74) is 9.50. The summed E-state index contributed by atoms with van der Waals surface area (Å²) in [6, 6.07) is 19.0. The van der Waals surface area contributed by atoms with Crippen molar-refractivity contribution in [1.29, 1.82) is 0 Å². The number of hydrogen-bond donors (Lipinski definition) is 3. The number of fused-ring (bicyclic) bond motifs is 1. The lowest BCUT2D eigenvalue weighted by atomic mass is 10.0. The molecule has 8 heteroatoms. The smallest absolute Gasteiger partial charge is 0.255 e. The Labute approximate surface area is 167 Å². The van der Waals surface area contributed by atoms with E-state index < -0.39 is 9.84 Å². The van der Waals surface area contributed by atoms with Crippen molar-refractivity contribution in [2.75, 3.05) is 17.3 Å². The largest absolute Gasteiger partial charge is 0.382 e. The summed E-state index contributed by atoms with van der Waals surface area (Å²) in [6.07, 6.45) is 1.14. The number of nitrogens with one attached hydrogen (secondary N) is 2. The monoisotopic (exact) mass is 406 g/mol. The minimum atomic E-state index is -3.28. The van der Waals surface area contributed by atoms with Gasteiger partial charge in [-0.1, -0.05) is 18.2 Å². The highest BCUT2D eigenvalue weighted by Gasteiger charge is 2.11. The fraction of sp³-hybridized carbons (Fsp3) is 0.0476. The fourth-order valence-corrected chi connectivity index (χ4v) is 3.67. The number of carbonyl (C=O) groups excluding carboxylic acids is 1. The van der Waals surface area contributed by atoms with E-state index in [1.165, 1.54) is 12.1 Å². The number of hydrogen-bond acceptors (Lipinski definition) is 5. The standard InChI is InChI=1S/C21H18N4O3S/c1-29(27,28)17-8-6-16(7-9-17)23-21(26)15-4-2-3-13(11-15)14-5-10-19-18(12-14)20(22)25-24-19/h2-12H,1H3,(H,23,26)(H3,22,24,25). The molecule has 1 aromatic heterocycles. The number of nitrogens with two attached hydrogens (primary N) is 1. The first kappa shape index (κ1) is 18.7. The number of carbonyl (C=O) groups is 1. The highest BCUT2D eigenvalue weighted by Crippen LogP contribution is 2.27. The highest BCUT2D eigenvalue weighted by molar-refractivity contribution is 7.90. The van der Waals surface area contributed by atoms with Gasteiger partial charge in [0, 0.05) is 22.9 Å². The van der Waals surface area contributed by atoms with Gasteiger partial charge in [-0.25, -0.2) is 8.42 Å². The fourth-order valence-electron chi connectivity index (χ4n) is 3.04. The molecule has 1 heterocycles. The van der Waals surface area contributed by atoms with Gasteiger partial charge < -0.3 is 11.1 Å². The van der Waals surface area contributed by atoms with Crippen molar-refractivity contribution in [3.63, 3.8) is 0 Å². The van der Waals surface area contributed by atoms with E-state index >= 15 is 0 Å². The van der Waals surface area contributed by atoms with Crippen LogP contribution in [0, 0.1) is 0 Å². The molecule has 7 nitrogen and oxygen atoms in total. The van der Waals surface area contributed by atoms with E-state index in [1.54, 1.807) is 30.3 Å². The molecule has 4 N–H and O–H groups in total. The number of aromatic amines is 1. The molecule has 0 aliphatic rings. The molecular formula is C21H18N4O3S. The Kier molecular flexibility index (Phi) is 4.56. The number of aromatic nitrogens is 2. The Hall–Kier alpha value is -3.65. The van der Waals surface area contributed by atoms with Crippen molar-refractivity contribution in [2.45, 2.75) is 4.90 Å². The van der Waals surface area contributed by atoms with Gasteiger partial charge in [-0.3, -0.25) is 9.89 Å². The van der Waals surface area contributed by atoms with E-state index in [9.17, 15) is 13.2 Å². The van der Waals surface area contributed by atoms with Crippen LogP contribution in [0.15, 0.2) is 71.6 Å². The van der Waals surface area contributed by atoms with Crippen LogP contribution in [0.1, 0.15) is 10.4 Å². The predicted molar refractivity (Wildman–Crippen MR) is 113 cm³/mol. The molecule has 29 heavy (non-hydrogen) atoms. The zero-order valence-corrected chi connectivity index (χ0v) is 16.3. The number of sulfone groups is 1. The number of nitrogens with zero attached hydrogens (tertiary/aromatic N) is 1. The van der Waals surface area contributed by atoms with Crippen LogP contribution in [0.4, 0.5) is 11.5 Å². The van der Waals surface area contributed by atoms with Gasteiger partial charge in [0.15, 0.2) is 15.7 Å². The summed E-state index contributed by atoms with van der Waals surface area (Å²) in [5, 5.41) is 10.5. The molecule has 0 atom stereocenters. The molecule has 4 rings (SSSR count). The Morgan fingerprint density at radius 3 is 2.45 bits per heavy atom. The van der Waals surface area contributed by atoms with Crippen LogP contribution >= 0.6 is 0 Å². The van der Waals surface area contributed by atoms with E-state index in [0.717, 1.165) is 28.3 Å². The second kappa shape index (κ2) is 7.06. The van der Waals surface area contributed by atoms with E-state index in [-0.39, 0.29) is 10.8 Å². The molecule has 0 saturated carbocycles. The van der Waals surface area contributed by atoms with Gasteiger partial charge in [0.1, 0.15) is 0 Å². The maximum Gasteiger partial charge on any atom is 0.255 e. The van der Waals surface area contributed by atoms with Gasteiger partial charge in [0.25, 0.3) is 5.91 Å². The lowest BCUT2D eigenvalue weighted by molar-refractivity contribution is 0.102. The summed E-state index contributed by atoms with van der Waals surface area (Å²) in [5.74, 6) is 0.135. The van der Waals surface area contributed by atoms with Crippen LogP contribution < -0.4 is 11.1 Å². The Morgan fingerprint density at radius 1 is 1.00 bits per heavy atom. The maximum absolute atomic E-state index is 12.6. The molecule has 4 aromatic rings. The molecule has 0 aliphatic heterocycles. The quantitative estimate of drug-likeness (QED) is 0.480. The Morgan fingerprint density at radius 2 is 1.72 bits per heavy atom. The van der Waals surface area contributed by atoms with Gasteiger partial charge in [-0.05, 0) is 59.7 Å². The first-order chi connectivity index (χ1) is 13.8. The second-order valence-electron chi connectivity index (χ2n) is 6.70. The summed E-state index contributed by atoms with van der Waals surface area (Å²) < 4.78 is 23.1. The maximum atomic E-state index is 12.6. The van der Waals surface area contributed by atoms with Gasteiger partial charge in [-0.15, -0.1) is 0 Å². The second-order valence-corrected chi connectivity index (χ2v) is 8.72. The summed E-state index contributed by atoms with van der Waals surface area (Å²) in [7, 11) is -3.28. The third-order valence-electron chi connectivity index (χ3n) is 4.59. The molecule has 3 aromatic carbocycles. The minimum Gasteiger partial charge on any atom is -0.382 e. The average molecular weight is 406 g/mol. The number of H-pyrrole nitrogens is 1. The normalized spacial score (nSPS) is 11.5. The van der Waals surface area contributed by atoms with Crippen molar-refractivity contribution in [1.82, 2.24) is 10.2 Å². The van der Waals surface area contributed by atoms with Gasteiger partial charge in [0.05, 0.1) is 10.4 Å². The van der Waals surface area contributed by atoms with Crippen LogP contribution in [-0.2, 0) is 9.84 Å². The predicted octanol–water partition coefficient (Wildman–Crippen LogP) is 3.47. The number of nitrogen functional groups attached to an aromatic ring is 1. The molecule has 0 unspecified atom stereocenters. The zero-order chi connectivity index (χ0) is 20.6. The van der Waals surface area contributed by atoms with Crippen LogP contribution in [0.25, 0.3) is 22.0 Å². The third-order valence-corrected chi connectivity index (χ3v) is 5.72. The van der Waals surface area contributed by atoms with Crippen molar-refractivity contribution < 1.29 is 13.2 Å². The number of rotatable bonds is 4. The van der Waals surface area contributed by atoms with Crippen molar-refractivity contribution >= 4 is 38.2 Å². The van der Waals surface area contributed by atoms with Crippen molar-refractivity contribution in [3.05, 3.63) is 72.3 Å². The van der Waals surface area contributed by atoms with Crippen molar-refractivity contribution in [3.8, 4) is 11.1 Å². The molecule has 0 radical (unpaired) electrons. The third kappa shape index (κ3) is 3.83. The van der Waals surface area contributed by atoms with E-state index in [0.29, 0.717) is 17.1 Å². The number of amides is 1. The van der Waals surface area contributed by atoms with Gasteiger partial charge >= 0.3 is 0 Å². The number of benzene rings is 3. The number of anilines is 2. The Balaban J connectivity index is 1.59. The summed E-state index contributed by atoms with van der Waals surface area (Å²) in [4.78, 5) is 12.8. The average Bonchev–Trinajstić information content (AvgIpc) is 3.08. The van der Waals surface area contributed by atoms with Crippen LogP contribution in [0.5, 0.6) is 0 Å². The van der Waals surface area contributed by atoms with Crippen molar-refractivity contribution in [2.24, 2.45) is 0 Å². The molecule has 0 fully saturated rings. The van der Waals surface area contributed by atoms with Crippen LogP contribution in [-0.4, -0.2) is 30.8 Å². The topological polar surface area (TPSA) is 118 Å². The molecule has 146 valence electrons. The lowest BCUT2D eigenvalue weighted by Crippen LogP contribution is -2.12. The lowest BCUT2D eigenvalue weighted by Gasteiger charge is -2.08. The molecule has 0 aliphatic carbocycles. The highest BCUT2D eigenvalue weighted by atomic mass is 32.2.